The number of piperidine rings is 1. The highest BCUT2D eigenvalue weighted by Crippen LogP contribution is 2.28. The number of carbonyl (C=O) groups is 1. The molecule has 1 aliphatic rings. The van der Waals surface area contributed by atoms with E-state index in [1.54, 1.807) is 7.11 Å². The van der Waals surface area contributed by atoms with E-state index in [1.807, 2.05) is 12.1 Å². The summed E-state index contributed by atoms with van der Waals surface area (Å²) >= 11 is 0. The number of methoxy groups -OCH3 is 1. The first-order chi connectivity index (χ1) is 12.5. The molecule has 1 fully saturated rings. The van der Waals surface area contributed by atoms with Crippen LogP contribution in [0.1, 0.15) is 49.5 Å². The lowest BCUT2D eigenvalue weighted by Gasteiger charge is -2.37. The predicted molar refractivity (Wildman–Crippen MR) is 121 cm³/mol. The molecule has 0 aliphatic carbocycles. The Morgan fingerprint density at radius 1 is 1.21 bits per heavy atom. The number of benzene rings is 1. The van der Waals surface area contributed by atoms with Gasteiger partial charge in [-0.3, -0.25) is 9.69 Å². The van der Waals surface area contributed by atoms with E-state index in [-0.39, 0.29) is 36.1 Å². The minimum atomic E-state index is 0. The second-order valence-corrected chi connectivity index (χ2v) is 7.72. The molecule has 0 unspecified atom stereocenters. The van der Waals surface area contributed by atoms with Crippen LogP contribution >= 0.6 is 24.8 Å². The summed E-state index contributed by atoms with van der Waals surface area (Å²) in [5.41, 5.74) is 2.02. The van der Waals surface area contributed by atoms with Gasteiger partial charge in [0.15, 0.2) is 0 Å². The van der Waals surface area contributed by atoms with Crippen molar-refractivity contribution in [2.24, 2.45) is 5.41 Å². The molecular formula is C21H37Cl2N3O2. The maximum absolute atomic E-state index is 12.6. The van der Waals surface area contributed by atoms with Gasteiger partial charge in [0.1, 0.15) is 0 Å². The van der Waals surface area contributed by atoms with Crippen molar-refractivity contribution in [2.45, 2.75) is 46.2 Å². The third-order valence-electron chi connectivity index (χ3n) is 5.48. The number of hydrogen-bond acceptors (Lipinski definition) is 4. The van der Waals surface area contributed by atoms with Crippen LogP contribution in [0.25, 0.3) is 0 Å². The van der Waals surface area contributed by atoms with E-state index in [2.05, 4.69) is 48.4 Å². The number of hydrogen-bond donors (Lipinski definition) is 2. The molecule has 1 aliphatic heterocycles. The van der Waals surface area contributed by atoms with E-state index in [1.165, 1.54) is 5.56 Å². The van der Waals surface area contributed by atoms with Crippen LogP contribution in [-0.4, -0.2) is 56.7 Å². The molecular weight excluding hydrogens is 397 g/mol. The van der Waals surface area contributed by atoms with Crippen molar-refractivity contribution in [1.82, 2.24) is 15.5 Å². The highest BCUT2D eigenvalue weighted by atomic mass is 35.5. The summed E-state index contributed by atoms with van der Waals surface area (Å²) in [6.07, 6.45) is 2.06. The summed E-state index contributed by atoms with van der Waals surface area (Å²) in [6, 6.07) is 8.52. The zero-order valence-electron chi connectivity index (χ0n) is 17.6. The van der Waals surface area contributed by atoms with Crippen molar-refractivity contribution in [3.05, 3.63) is 35.4 Å². The molecule has 1 aromatic rings. The Morgan fingerprint density at radius 3 is 2.32 bits per heavy atom. The lowest BCUT2D eigenvalue weighted by atomic mass is 9.79. The van der Waals surface area contributed by atoms with Crippen molar-refractivity contribution in [3.8, 4) is 0 Å². The van der Waals surface area contributed by atoms with Crippen LogP contribution in [0, 0.1) is 5.41 Å². The van der Waals surface area contributed by atoms with Crippen molar-refractivity contribution in [3.63, 3.8) is 0 Å². The fourth-order valence-electron chi connectivity index (χ4n) is 3.66. The minimum absolute atomic E-state index is 0. The van der Waals surface area contributed by atoms with Gasteiger partial charge in [-0.25, -0.2) is 0 Å². The zero-order valence-corrected chi connectivity index (χ0v) is 19.3. The normalized spacial score (nSPS) is 15.6. The lowest BCUT2D eigenvalue weighted by Crippen LogP contribution is -2.47. The number of amides is 1. The van der Waals surface area contributed by atoms with E-state index < -0.39 is 0 Å². The molecule has 0 atom stereocenters. The minimum Gasteiger partial charge on any atom is -0.384 e. The molecule has 0 aromatic heterocycles. The van der Waals surface area contributed by atoms with Gasteiger partial charge in [-0.1, -0.05) is 19.1 Å². The lowest BCUT2D eigenvalue weighted by molar-refractivity contribution is 0.0512. The summed E-state index contributed by atoms with van der Waals surface area (Å²) in [7, 11) is 1.74. The molecule has 0 radical (unpaired) electrons. The molecule has 2 N–H and O–H groups in total. The molecule has 0 bridgehead atoms. The maximum Gasteiger partial charge on any atom is 0.251 e. The van der Waals surface area contributed by atoms with Crippen molar-refractivity contribution in [2.75, 3.05) is 39.9 Å². The Hall–Kier alpha value is -0.850. The fraction of sp³-hybridized carbons (Fsp3) is 0.667. The first-order valence-corrected chi connectivity index (χ1v) is 9.80. The first kappa shape index (κ1) is 27.1. The van der Waals surface area contributed by atoms with Crippen LogP contribution in [0.15, 0.2) is 24.3 Å². The van der Waals surface area contributed by atoms with Crippen LogP contribution in [0.4, 0.5) is 0 Å². The number of nitrogens with zero attached hydrogens (tertiary/aromatic N) is 1. The van der Waals surface area contributed by atoms with Crippen LogP contribution in [0.2, 0.25) is 0 Å². The van der Waals surface area contributed by atoms with Gasteiger partial charge in [0, 0.05) is 37.2 Å². The monoisotopic (exact) mass is 433 g/mol. The summed E-state index contributed by atoms with van der Waals surface area (Å²) in [5.74, 6) is 0.00164. The Balaban J connectivity index is 0.00000364. The third-order valence-corrected chi connectivity index (χ3v) is 5.48. The standard InChI is InChI=1S/C21H35N3O2.2ClH/c1-5-24(17(2)3)14-18-6-8-19(9-7-18)20(25)23-15-21(16-26-4)10-12-22-13-11-21;;/h6-9,17,22H,5,10-16H2,1-4H3,(H,23,25);2*1H. The van der Waals surface area contributed by atoms with Crippen LogP contribution in [0.5, 0.6) is 0 Å². The van der Waals surface area contributed by atoms with Gasteiger partial charge in [0.05, 0.1) is 6.61 Å². The molecule has 1 aromatic carbocycles. The average molecular weight is 434 g/mol. The molecule has 5 nitrogen and oxygen atoms in total. The number of nitrogens with one attached hydrogen (secondary N) is 2. The fourth-order valence-corrected chi connectivity index (χ4v) is 3.66. The maximum atomic E-state index is 12.6. The molecule has 0 saturated carbocycles. The molecule has 28 heavy (non-hydrogen) atoms. The van der Waals surface area contributed by atoms with Gasteiger partial charge >= 0.3 is 0 Å². The quantitative estimate of drug-likeness (QED) is 0.625. The number of halogens is 2. The topological polar surface area (TPSA) is 53.6 Å². The zero-order chi connectivity index (χ0) is 19.0. The molecule has 162 valence electrons. The van der Waals surface area contributed by atoms with Crippen LogP contribution < -0.4 is 10.6 Å². The van der Waals surface area contributed by atoms with E-state index in [4.69, 9.17) is 4.74 Å². The number of carbonyl (C=O) groups excluding carboxylic acids is 1. The van der Waals surface area contributed by atoms with Gasteiger partial charge in [-0.15, -0.1) is 24.8 Å². The van der Waals surface area contributed by atoms with Gasteiger partial charge in [-0.05, 0) is 64.0 Å². The van der Waals surface area contributed by atoms with Crippen molar-refractivity contribution >= 4 is 30.7 Å². The Kier molecular flexibility index (Phi) is 13.0. The van der Waals surface area contributed by atoms with Crippen LogP contribution in [0.3, 0.4) is 0 Å². The highest BCUT2D eigenvalue weighted by molar-refractivity contribution is 5.94. The summed E-state index contributed by atoms with van der Waals surface area (Å²) < 4.78 is 5.42. The second kappa shape index (κ2) is 13.4. The average Bonchev–Trinajstić information content (AvgIpc) is 2.65. The molecule has 1 saturated heterocycles. The Labute approximate surface area is 182 Å². The second-order valence-electron chi connectivity index (χ2n) is 7.72. The largest absolute Gasteiger partial charge is 0.384 e. The van der Waals surface area contributed by atoms with E-state index in [0.29, 0.717) is 19.2 Å². The van der Waals surface area contributed by atoms with Gasteiger partial charge < -0.3 is 15.4 Å². The number of rotatable bonds is 9. The number of ether oxygens (including phenoxy) is 1. The van der Waals surface area contributed by atoms with Gasteiger partial charge in [-0.2, -0.15) is 0 Å². The summed E-state index contributed by atoms with van der Waals surface area (Å²) in [5, 5.41) is 6.51. The van der Waals surface area contributed by atoms with Crippen LogP contribution in [-0.2, 0) is 11.3 Å². The van der Waals surface area contributed by atoms with Crippen molar-refractivity contribution in [1.29, 1.82) is 0 Å². The Morgan fingerprint density at radius 2 is 1.82 bits per heavy atom. The molecule has 1 amide bonds. The highest BCUT2D eigenvalue weighted by Gasteiger charge is 2.32. The van der Waals surface area contributed by atoms with Gasteiger partial charge in [0.2, 0.25) is 0 Å². The van der Waals surface area contributed by atoms with Gasteiger partial charge in [0.25, 0.3) is 5.91 Å². The van der Waals surface area contributed by atoms with E-state index in [0.717, 1.165) is 44.6 Å². The SMILES string of the molecule is CCN(Cc1ccc(C(=O)NCC2(COC)CCNCC2)cc1)C(C)C.Cl.Cl. The summed E-state index contributed by atoms with van der Waals surface area (Å²) in [4.78, 5) is 15.0. The first-order valence-electron chi connectivity index (χ1n) is 9.80. The summed E-state index contributed by atoms with van der Waals surface area (Å²) in [6.45, 7) is 11.9. The Bertz CT molecular complexity index is 556. The predicted octanol–water partition coefficient (Wildman–Crippen LogP) is 3.51. The molecule has 0 spiro atoms. The molecule has 7 heteroatoms. The molecule has 2 rings (SSSR count). The van der Waals surface area contributed by atoms with Crippen molar-refractivity contribution < 1.29 is 9.53 Å². The van der Waals surface area contributed by atoms with E-state index in [9.17, 15) is 4.79 Å². The smallest absolute Gasteiger partial charge is 0.251 e. The third kappa shape index (κ3) is 7.88. The molecule has 1 heterocycles. The van der Waals surface area contributed by atoms with E-state index >= 15 is 0 Å².